The van der Waals surface area contributed by atoms with Crippen LogP contribution < -0.4 is 0 Å². The Kier molecular flexibility index (Phi) is 7.65. The van der Waals surface area contributed by atoms with Gasteiger partial charge in [0.05, 0.1) is 16.8 Å². The molecule has 3 heteroatoms. The van der Waals surface area contributed by atoms with Crippen LogP contribution >= 0.6 is 0 Å². The van der Waals surface area contributed by atoms with Crippen molar-refractivity contribution < 1.29 is 4.42 Å². The Hall–Kier alpha value is -7.88. The summed E-state index contributed by atoms with van der Waals surface area (Å²) in [6.45, 7) is 0. The van der Waals surface area contributed by atoms with Crippen molar-refractivity contribution in [2.45, 2.75) is 17.3 Å². The molecule has 0 bridgehead atoms. The lowest BCUT2D eigenvalue weighted by atomic mass is 9.66. The van der Waals surface area contributed by atoms with Crippen LogP contribution in [0.1, 0.15) is 45.2 Å². The zero-order chi connectivity index (χ0) is 40.8. The molecule has 10 aromatic rings. The van der Waals surface area contributed by atoms with Crippen LogP contribution in [0, 0.1) is 0 Å². The molecule has 3 aliphatic carbocycles. The maximum Gasteiger partial charge on any atom is 0.160 e. The van der Waals surface area contributed by atoms with Gasteiger partial charge in [-0.3, -0.25) is 0 Å². The summed E-state index contributed by atoms with van der Waals surface area (Å²) in [5.41, 5.74) is 18.6. The number of aromatic nitrogens is 2. The van der Waals surface area contributed by atoms with Crippen molar-refractivity contribution in [3.63, 3.8) is 0 Å². The van der Waals surface area contributed by atoms with Gasteiger partial charge in [0.15, 0.2) is 5.82 Å². The summed E-state index contributed by atoms with van der Waals surface area (Å²) in [7, 11) is 0. The monoisotopic (exact) mass is 790 g/mol. The predicted molar refractivity (Wildman–Crippen MR) is 252 cm³/mol. The molecular formula is C59H38N2O. The highest BCUT2D eigenvalue weighted by atomic mass is 16.3. The van der Waals surface area contributed by atoms with Gasteiger partial charge in [0, 0.05) is 39.3 Å². The zero-order valence-electron chi connectivity index (χ0n) is 33.7. The first-order valence-corrected chi connectivity index (χ1v) is 21.5. The molecule has 62 heavy (non-hydrogen) atoms. The number of furan rings is 1. The first-order chi connectivity index (χ1) is 30.7. The van der Waals surface area contributed by atoms with Crippen LogP contribution in [0.5, 0.6) is 0 Å². The van der Waals surface area contributed by atoms with Crippen LogP contribution in [0.15, 0.2) is 223 Å². The van der Waals surface area contributed by atoms with Crippen LogP contribution in [0.4, 0.5) is 0 Å². The predicted octanol–water partition coefficient (Wildman–Crippen LogP) is 14.7. The van der Waals surface area contributed by atoms with Gasteiger partial charge in [0.2, 0.25) is 0 Å². The topological polar surface area (TPSA) is 38.9 Å². The summed E-state index contributed by atoms with van der Waals surface area (Å²) in [6.07, 6.45) is 9.24. The second-order valence-electron chi connectivity index (χ2n) is 16.7. The van der Waals surface area contributed by atoms with Gasteiger partial charge >= 0.3 is 0 Å². The minimum atomic E-state index is -0.556. The number of hydrogen-bond donors (Lipinski definition) is 0. The zero-order valence-corrected chi connectivity index (χ0v) is 33.7. The van der Waals surface area contributed by atoms with E-state index in [1.165, 1.54) is 50.1 Å². The van der Waals surface area contributed by atoms with E-state index in [4.69, 9.17) is 14.4 Å². The van der Waals surface area contributed by atoms with Crippen molar-refractivity contribution in [2.24, 2.45) is 0 Å². The van der Waals surface area contributed by atoms with Crippen molar-refractivity contribution in [1.82, 2.24) is 9.97 Å². The Labute approximate surface area is 360 Å². The molecule has 2 unspecified atom stereocenters. The van der Waals surface area contributed by atoms with Crippen LogP contribution in [-0.2, 0) is 5.41 Å². The second-order valence-corrected chi connectivity index (χ2v) is 16.7. The van der Waals surface area contributed by atoms with Gasteiger partial charge in [-0.15, -0.1) is 0 Å². The van der Waals surface area contributed by atoms with Crippen molar-refractivity contribution in [3.05, 3.63) is 252 Å². The number of nitrogens with zero attached hydrogens (tertiary/aromatic N) is 2. The molecule has 0 fully saturated rings. The summed E-state index contributed by atoms with van der Waals surface area (Å²) in [4.78, 5) is 10.8. The molecule has 0 saturated carbocycles. The lowest BCUT2D eigenvalue weighted by molar-refractivity contribution is 0.670. The quantitative estimate of drug-likeness (QED) is 0.178. The van der Waals surface area contributed by atoms with E-state index in [9.17, 15) is 0 Å². The molecule has 0 radical (unpaired) electrons. The van der Waals surface area contributed by atoms with E-state index in [1.54, 1.807) is 0 Å². The molecule has 0 amide bonds. The Bertz CT molecular complexity index is 3420. The van der Waals surface area contributed by atoms with Gasteiger partial charge < -0.3 is 4.42 Å². The minimum absolute atomic E-state index is 0.220. The average Bonchev–Trinajstić information content (AvgIpc) is 3.84. The number of fused-ring (bicyclic) bond motifs is 15. The highest BCUT2D eigenvalue weighted by Gasteiger charge is 2.51. The fourth-order valence-electron chi connectivity index (χ4n) is 10.9. The molecule has 13 rings (SSSR count). The Morgan fingerprint density at radius 3 is 1.73 bits per heavy atom. The molecule has 2 aromatic heterocycles. The van der Waals surface area contributed by atoms with Gasteiger partial charge in [-0.1, -0.05) is 194 Å². The molecule has 290 valence electrons. The van der Waals surface area contributed by atoms with Gasteiger partial charge in [-0.05, 0) is 79.9 Å². The van der Waals surface area contributed by atoms with E-state index in [0.29, 0.717) is 5.82 Å². The van der Waals surface area contributed by atoms with E-state index in [2.05, 4.69) is 206 Å². The van der Waals surface area contributed by atoms with Crippen molar-refractivity contribution in [1.29, 1.82) is 0 Å². The van der Waals surface area contributed by atoms with Crippen LogP contribution in [0.2, 0.25) is 0 Å². The van der Waals surface area contributed by atoms with Crippen molar-refractivity contribution in [3.8, 4) is 56.2 Å². The molecule has 2 heterocycles. The molecular weight excluding hydrogens is 753 g/mol. The molecule has 8 aromatic carbocycles. The second kappa shape index (κ2) is 13.6. The molecule has 2 atom stereocenters. The largest absolute Gasteiger partial charge is 0.455 e. The number of allylic oxidation sites excluding steroid dienone is 4. The summed E-state index contributed by atoms with van der Waals surface area (Å²) in [6, 6.07) is 70.3. The van der Waals surface area contributed by atoms with Crippen molar-refractivity contribution >= 4 is 21.9 Å². The third kappa shape index (κ3) is 5.06. The first-order valence-electron chi connectivity index (χ1n) is 21.5. The summed E-state index contributed by atoms with van der Waals surface area (Å²) < 4.78 is 6.61. The SMILES string of the molecule is C1=CC2c3ccccc3C3(c4ccccc4-c4ccc(-c5cc(-c6cccc7c6oc6ccccc67)nc(-c6ccc(-c7ccccc7)cc6)n5)cc43)c3ccccc3C2C=C1. The Morgan fingerprint density at radius 2 is 0.952 bits per heavy atom. The maximum absolute atomic E-state index is 6.61. The highest BCUT2D eigenvalue weighted by molar-refractivity contribution is 6.09. The van der Waals surface area contributed by atoms with E-state index in [-0.39, 0.29) is 11.8 Å². The Morgan fingerprint density at radius 1 is 0.387 bits per heavy atom. The smallest absolute Gasteiger partial charge is 0.160 e. The number of benzene rings is 8. The lowest BCUT2D eigenvalue weighted by Crippen LogP contribution is -2.30. The molecule has 3 aliphatic rings. The molecule has 0 saturated heterocycles. The van der Waals surface area contributed by atoms with Gasteiger partial charge in [-0.25, -0.2) is 9.97 Å². The molecule has 0 N–H and O–H groups in total. The standard InChI is InChI=1S/C59H38N2O/c1-2-15-37(16-3-1)38-29-31-39(32-30-38)58-60-54(36-55(61-58)49-24-14-23-48-47-22-9-13-28-56(47)62-57(48)49)40-33-34-46-45-21-8-12-27-52(45)59(53(46)35-40)50-25-10-6-19-43(50)41-17-4-5-18-42(41)44-20-7-11-26-51(44)59/h1-36,41-42H. The van der Waals surface area contributed by atoms with Gasteiger partial charge in [0.25, 0.3) is 0 Å². The van der Waals surface area contributed by atoms with Crippen LogP contribution in [0.25, 0.3) is 78.1 Å². The average molecular weight is 791 g/mol. The van der Waals surface area contributed by atoms with E-state index >= 15 is 0 Å². The molecule has 0 aliphatic heterocycles. The normalized spacial score (nSPS) is 17.9. The lowest BCUT2D eigenvalue weighted by Gasteiger charge is -2.35. The van der Waals surface area contributed by atoms with E-state index in [1.807, 2.05) is 12.1 Å². The Balaban J connectivity index is 1.07. The van der Waals surface area contributed by atoms with Crippen LogP contribution in [0.3, 0.4) is 0 Å². The number of hydrogen-bond acceptors (Lipinski definition) is 3. The first kappa shape index (κ1) is 34.9. The van der Waals surface area contributed by atoms with Gasteiger partial charge in [-0.2, -0.15) is 0 Å². The third-order valence-electron chi connectivity index (χ3n) is 13.6. The minimum Gasteiger partial charge on any atom is -0.455 e. The summed E-state index contributed by atoms with van der Waals surface area (Å²) >= 11 is 0. The third-order valence-corrected chi connectivity index (χ3v) is 13.6. The number of para-hydroxylation sites is 2. The summed E-state index contributed by atoms with van der Waals surface area (Å²) in [5, 5.41) is 2.16. The van der Waals surface area contributed by atoms with Crippen LogP contribution in [-0.4, -0.2) is 9.97 Å². The van der Waals surface area contributed by atoms with Crippen molar-refractivity contribution in [2.75, 3.05) is 0 Å². The number of rotatable bonds is 4. The fourth-order valence-corrected chi connectivity index (χ4v) is 10.9. The van der Waals surface area contributed by atoms with E-state index in [0.717, 1.165) is 55.6 Å². The van der Waals surface area contributed by atoms with Gasteiger partial charge in [0.1, 0.15) is 11.2 Å². The highest BCUT2D eigenvalue weighted by Crippen LogP contribution is 2.62. The fraction of sp³-hybridized carbons (Fsp3) is 0.0508. The summed E-state index contributed by atoms with van der Waals surface area (Å²) in [5.74, 6) is 1.10. The molecule has 3 nitrogen and oxygen atoms in total. The molecule has 1 spiro atoms. The van der Waals surface area contributed by atoms with E-state index < -0.39 is 5.41 Å². The maximum atomic E-state index is 6.61.